The lowest BCUT2D eigenvalue weighted by atomic mass is 10.0. The van der Waals surface area contributed by atoms with Crippen molar-refractivity contribution in [2.45, 2.75) is 26.3 Å². The normalized spacial score (nSPS) is 12.2. The lowest BCUT2D eigenvalue weighted by molar-refractivity contribution is -0.121. The van der Waals surface area contributed by atoms with E-state index >= 15 is 0 Å². The van der Waals surface area contributed by atoms with E-state index in [1.54, 1.807) is 0 Å². The summed E-state index contributed by atoms with van der Waals surface area (Å²) >= 11 is 0. The first-order chi connectivity index (χ1) is 5.61. The van der Waals surface area contributed by atoms with Crippen LogP contribution in [0.4, 0.5) is 0 Å². The highest BCUT2D eigenvalue weighted by molar-refractivity contribution is 5.78. The Morgan fingerprint density at radius 2 is 2.25 bits per heavy atom. The van der Waals surface area contributed by atoms with Gasteiger partial charge in [0.05, 0.1) is 6.42 Å². The fourth-order valence-electron chi connectivity index (χ4n) is 0.848. The van der Waals surface area contributed by atoms with E-state index in [1.807, 2.05) is 13.8 Å². The summed E-state index contributed by atoms with van der Waals surface area (Å²) in [6, 6.07) is 0.0332. The van der Waals surface area contributed by atoms with E-state index < -0.39 is 0 Å². The molecule has 0 spiro atoms. The highest BCUT2D eigenvalue weighted by Crippen LogP contribution is 1.99. The zero-order valence-electron chi connectivity index (χ0n) is 7.63. The molecule has 0 bridgehead atoms. The van der Waals surface area contributed by atoms with E-state index in [4.69, 9.17) is 12.2 Å². The SMILES string of the molecule is C#CCC(=O)NC(CN)C(C)C. The zero-order chi connectivity index (χ0) is 9.56. The van der Waals surface area contributed by atoms with Gasteiger partial charge in [-0.3, -0.25) is 4.79 Å². The van der Waals surface area contributed by atoms with E-state index in [1.165, 1.54) is 0 Å². The molecule has 1 atom stereocenters. The molecule has 0 heterocycles. The summed E-state index contributed by atoms with van der Waals surface area (Å²) in [7, 11) is 0. The molecule has 0 aromatic carbocycles. The van der Waals surface area contributed by atoms with Crippen LogP contribution in [0.3, 0.4) is 0 Å². The summed E-state index contributed by atoms with van der Waals surface area (Å²) in [5.41, 5.74) is 5.45. The first kappa shape index (κ1) is 11.0. The van der Waals surface area contributed by atoms with E-state index in [2.05, 4.69) is 11.2 Å². The number of hydrogen-bond donors (Lipinski definition) is 2. The van der Waals surface area contributed by atoms with Gasteiger partial charge in [0.1, 0.15) is 0 Å². The molecule has 0 aromatic heterocycles. The summed E-state index contributed by atoms with van der Waals surface area (Å²) in [4.78, 5) is 11.0. The summed E-state index contributed by atoms with van der Waals surface area (Å²) in [6.45, 7) is 4.47. The van der Waals surface area contributed by atoms with E-state index in [0.29, 0.717) is 12.5 Å². The summed E-state index contributed by atoms with van der Waals surface area (Å²) in [5.74, 6) is 2.50. The lowest BCUT2D eigenvalue weighted by Gasteiger charge is -2.19. The Bertz CT molecular complexity index is 181. The Kier molecular flexibility index (Phi) is 5.14. The molecule has 3 nitrogen and oxygen atoms in total. The van der Waals surface area contributed by atoms with Gasteiger partial charge in [-0.2, -0.15) is 0 Å². The van der Waals surface area contributed by atoms with Gasteiger partial charge in [0.25, 0.3) is 0 Å². The van der Waals surface area contributed by atoms with Gasteiger partial charge in [-0.25, -0.2) is 0 Å². The van der Waals surface area contributed by atoms with Crippen LogP contribution in [0.2, 0.25) is 0 Å². The smallest absolute Gasteiger partial charge is 0.232 e. The molecule has 0 saturated carbocycles. The number of terminal acetylenes is 1. The third-order valence-electron chi connectivity index (χ3n) is 1.67. The van der Waals surface area contributed by atoms with E-state index in [9.17, 15) is 4.79 Å². The molecule has 3 N–H and O–H groups in total. The monoisotopic (exact) mass is 168 g/mol. The molecule has 12 heavy (non-hydrogen) atoms. The van der Waals surface area contributed by atoms with Gasteiger partial charge >= 0.3 is 0 Å². The molecule has 1 amide bonds. The topological polar surface area (TPSA) is 55.1 Å². The minimum absolute atomic E-state index is 0.0332. The summed E-state index contributed by atoms with van der Waals surface area (Å²) in [6.07, 6.45) is 5.11. The highest BCUT2D eigenvalue weighted by Gasteiger charge is 2.12. The zero-order valence-corrected chi connectivity index (χ0v) is 7.63. The van der Waals surface area contributed by atoms with E-state index in [0.717, 1.165) is 0 Å². The number of hydrogen-bond acceptors (Lipinski definition) is 2. The Hall–Kier alpha value is -1.01. The average Bonchev–Trinajstić information content (AvgIpc) is 2.00. The number of nitrogens with one attached hydrogen (secondary N) is 1. The number of nitrogens with two attached hydrogens (primary N) is 1. The van der Waals surface area contributed by atoms with Crippen molar-refractivity contribution in [3.05, 3.63) is 0 Å². The highest BCUT2D eigenvalue weighted by atomic mass is 16.1. The standard InChI is InChI=1S/C9H16N2O/c1-4-5-9(12)11-8(6-10)7(2)3/h1,7-8H,5-6,10H2,2-3H3,(H,11,12). The molecule has 3 heteroatoms. The van der Waals surface area contributed by atoms with E-state index in [-0.39, 0.29) is 18.4 Å². The Morgan fingerprint density at radius 1 is 1.67 bits per heavy atom. The maximum Gasteiger partial charge on any atom is 0.232 e. The van der Waals surface area contributed by atoms with Gasteiger partial charge in [0.15, 0.2) is 0 Å². The third-order valence-corrected chi connectivity index (χ3v) is 1.67. The minimum Gasteiger partial charge on any atom is -0.351 e. The molecule has 68 valence electrons. The van der Waals surface area contributed by atoms with Crippen LogP contribution in [-0.2, 0) is 4.79 Å². The van der Waals surface area contributed by atoms with Crippen molar-refractivity contribution in [3.8, 4) is 12.3 Å². The Balaban J connectivity index is 3.87. The first-order valence-electron chi connectivity index (χ1n) is 4.04. The number of carbonyl (C=O) groups excluding carboxylic acids is 1. The number of carbonyl (C=O) groups is 1. The molecule has 0 aliphatic rings. The maximum absolute atomic E-state index is 11.0. The van der Waals surface area contributed by atoms with Crippen molar-refractivity contribution >= 4 is 5.91 Å². The van der Waals surface area contributed by atoms with Crippen LogP contribution in [0.15, 0.2) is 0 Å². The van der Waals surface area contributed by atoms with Crippen LogP contribution >= 0.6 is 0 Å². The largest absolute Gasteiger partial charge is 0.351 e. The molecular weight excluding hydrogens is 152 g/mol. The molecule has 0 aliphatic carbocycles. The fourth-order valence-corrected chi connectivity index (χ4v) is 0.848. The number of rotatable bonds is 4. The van der Waals surface area contributed by atoms with Crippen LogP contribution in [0.5, 0.6) is 0 Å². The Morgan fingerprint density at radius 3 is 2.58 bits per heavy atom. The lowest BCUT2D eigenvalue weighted by Crippen LogP contribution is -2.43. The van der Waals surface area contributed by atoms with Crippen molar-refractivity contribution in [1.82, 2.24) is 5.32 Å². The molecular formula is C9H16N2O. The van der Waals surface area contributed by atoms with Crippen molar-refractivity contribution in [1.29, 1.82) is 0 Å². The molecule has 0 aliphatic heterocycles. The molecule has 0 radical (unpaired) electrons. The predicted molar refractivity (Wildman–Crippen MR) is 49.3 cm³/mol. The summed E-state index contributed by atoms with van der Waals surface area (Å²) < 4.78 is 0. The van der Waals surface area contributed by atoms with Crippen LogP contribution in [0.1, 0.15) is 20.3 Å². The van der Waals surface area contributed by atoms with Crippen molar-refractivity contribution < 1.29 is 4.79 Å². The Labute approximate surface area is 73.7 Å². The minimum atomic E-state index is -0.123. The van der Waals surface area contributed by atoms with Crippen molar-refractivity contribution in [3.63, 3.8) is 0 Å². The van der Waals surface area contributed by atoms with Crippen LogP contribution in [0, 0.1) is 18.3 Å². The molecule has 1 unspecified atom stereocenters. The van der Waals surface area contributed by atoms with Crippen LogP contribution in [0.25, 0.3) is 0 Å². The second kappa shape index (κ2) is 5.62. The van der Waals surface area contributed by atoms with Gasteiger partial charge in [-0.05, 0) is 5.92 Å². The fraction of sp³-hybridized carbons (Fsp3) is 0.667. The average molecular weight is 168 g/mol. The molecule has 0 aromatic rings. The van der Waals surface area contributed by atoms with Gasteiger partial charge < -0.3 is 11.1 Å². The molecule has 0 fully saturated rings. The second-order valence-electron chi connectivity index (χ2n) is 3.03. The van der Waals surface area contributed by atoms with Crippen LogP contribution in [-0.4, -0.2) is 18.5 Å². The third kappa shape index (κ3) is 3.99. The summed E-state index contributed by atoms with van der Waals surface area (Å²) in [5, 5.41) is 2.76. The number of amides is 1. The second-order valence-corrected chi connectivity index (χ2v) is 3.03. The predicted octanol–water partition coefficient (Wildman–Crippen LogP) is 0.109. The van der Waals surface area contributed by atoms with Gasteiger partial charge in [-0.1, -0.05) is 19.8 Å². The van der Waals surface area contributed by atoms with Crippen molar-refractivity contribution in [2.75, 3.05) is 6.54 Å². The van der Waals surface area contributed by atoms with Gasteiger partial charge in [0.2, 0.25) is 5.91 Å². The van der Waals surface area contributed by atoms with Gasteiger partial charge in [-0.15, -0.1) is 6.42 Å². The van der Waals surface area contributed by atoms with Crippen LogP contribution < -0.4 is 11.1 Å². The quantitative estimate of drug-likeness (QED) is 0.585. The molecule has 0 rings (SSSR count). The maximum atomic E-state index is 11.0. The molecule has 0 saturated heterocycles. The first-order valence-corrected chi connectivity index (χ1v) is 4.04. The van der Waals surface area contributed by atoms with Gasteiger partial charge in [0, 0.05) is 12.6 Å². The van der Waals surface area contributed by atoms with Crippen molar-refractivity contribution in [2.24, 2.45) is 11.7 Å².